The van der Waals surface area contributed by atoms with Crippen LogP contribution in [0, 0.1) is 5.88 Å². The number of unbranched alkanes of at least 4 members (excludes halogenated alkanes) is 3. The number of allylic oxidation sites excluding steroid dienone is 2. The molecule has 0 saturated heterocycles. The predicted molar refractivity (Wildman–Crippen MR) is 43.4 cm³/mol. The van der Waals surface area contributed by atoms with E-state index < -0.39 is 0 Å². The van der Waals surface area contributed by atoms with E-state index in [2.05, 4.69) is 13.0 Å². The average molecular weight is 146 g/mol. The molecular formula is C8H14Cl. The number of hydrogen-bond donors (Lipinski definition) is 0. The maximum Gasteiger partial charge on any atom is 0.0715 e. The highest BCUT2D eigenvalue weighted by atomic mass is 35.5. The van der Waals surface area contributed by atoms with Crippen molar-refractivity contribution in [3.05, 3.63) is 18.0 Å². The molecule has 9 heavy (non-hydrogen) atoms. The Morgan fingerprint density at radius 3 is 2.67 bits per heavy atom. The lowest BCUT2D eigenvalue weighted by molar-refractivity contribution is 0.729. The van der Waals surface area contributed by atoms with E-state index in [0.717, 1.165) is 6.42 Å². The van der Waals surface area contributed by atoms with E-state index in [1.807, 2.05) is 6.08 Å². The molecule has 0 fully saturated rings. The topological polar surface area (TPSA) is 0 Å². The van der Waals surface area contributed by atoms with Crippen molar-refractivity contribution in [3.8, 4) is 0 Å². The summed E-state index contributed by atoms with van der Waals surface area (Å²) in [7, 11) is 0. The molecule has 0 N–H and O–H groups in total. The molecule has 0 aliphatic rings. The first-order valence-electron chi connectivity index (χ1n) is 3.50. The first-order chi connectivity index (χ1) is 4.41. The highest BCUT2D eigenvalue weighted by molar-refractivity contribution is 6.24. The van der Waals surface area contributed by atoms with Gasteiger partial charge in [0.05, 0.1) is 5.88 Å². The van der Waals surface area contributed by atoms with Gasteiger partial charge in [-0.15, -0.1) is 11.6 Å². The molecule has 0 nitrogen and oxygen atoms in total. The molecule has 0 aromatic heterocycles. The van der Waals surface area contributed by atoms with E-state index in [1.165, 1.54) is 19.3 Å². The third-order valence-corrected chi connectivity index (χ3v) is 1.33. The monoisotopic (exact) mass is 145 g/mol. The molecule has 0 aliphatic carbocycles. The summed E-state index contributed by atoms with van der Waals surface area (Å²) in [5.41, 5.74) is 0. The van der Waals surface area contributed by atoms with Gasteiger partial charge in [-0.2, -0.15) is 0 Å². The summed E-state index contributed by atoms with van der Waals surface area (Å²) in [4.78, 5) is 0. The average Bonchev–Trinajstić information content (AvgIpc) is 1.89. The van der Waals surface area contributed by atoms with Gasteiger partial charge in [0.15, 0.2) is 0 Å². The van der Waals surface area contributed by atoms with Crippen LogP contribution in [0.1, 0.15) is 32.6 Å². The van der Waals surface area contributed by atoms with Gasteiger partial charge in [0.1, 0.15) is 0 Å². The zero-order chi connectivity index (χ0) is 6.95. The van der Waals surface area contributed by atoms with Crippen LogP contribution in [0.4, 0.5) is 0 Å². The van der Waals surface area contributed by atoms with E-state index in [-0.39, 0.29) is 0 Å². The molecule has 0 aromatic rings. The summed E-state index contributed by atoms with van der Waals surface area (Å²) in [5.74, 6) is 1.55. The summed E-state index contributed by atoms with van der Waals surface area (Å²) in [5, 5.41) is 0. The number of hydrogen-bond acceptors (Lipinski definition) is 0. The molecule has 53 valence electrons. The fourth-order valence-electron chi connectivity index (χ4n) is 0.660. The molecule has 0 heterocycles. The van der Waals surface area contributed by atoms with E-state index >= 15 is 0 Å². The summed E-state index contributed by atoms with van der Waals surface area (Å²) < 4.78 is 0. The maximum atomic E-state index is 5.30. The van der Waals surface area contributed by atoms with Crippen LogP contribution in [-0.2, 0) is 0 Å². The van der Waals surface area contributed by atoms with Crippen LogP contribution in [0.25, 0.3) is 0 Å². The Bertz CT molecular complexity index is 67.0. The molecule has 0 atom stereocenters. The Hall–Kier alpha value is 0.0300. The standard InChI is InChI=1S/C8H14Cl/c1-2-3-4-5-6-7-8-9/h6-8H,2-5H2,1H3/b7-6+. The Kier molecular flexibility index (Phi) is 8.06. The second-order valence-electron chi connectivity index (χ2n) is 2.05. The summed E-state index contributed by atoms with van der Waals surface area (Å²) in [6.45, 7) is 2.21. The van der Waals surface area contributed by atoms with Gasteiger partial charge in [-0.05, 0) is 12.8 Å². The van der Waals surface area contributed by atoms with Crippen LogP contribution >= 0.6 is 11.6 Å². The van der Waals surface area contributed by atoms with Crippen LogP contribution in [0.15, 0.2) is 12.2 Å². The molecule has 0 rings (SSSR count). The first kappa shape index (κ1) is 9.03. The molecule has 0 aliphatic heterocycles. The fourth-order valence-corrected chi connectivity index (χ4v) is 0.763. The van der Waals surface area contributed by atoms with Crippen LogP contribution < -0.4 is 0 Å². The highest BCUT2D eigenvalue weighted by Crippen LogP contribution is 2.00. The maximum absolute atomic E-state index is 5.30. The number of halogens is 1. The van der Waals surface area contributed by atoms with Gasteiger partial charge in [-0.1, -0.05) is 31.9 Å². The smallest absolute Gasteiger partial charge is 0.0715 e. The van der Waals surface area contributed by atoms with Gasteiger partial charge in [0, 0.05) is 0 Å². The van der Waals surface area contributed by atoms with E-state index in [4.69, 9.17) is 11.6 Å². The van der Waals surface area contributed by atoms with Gasteiger partial charge < -0.3 is 0 Å². The molecule has 0 saturated carbocycles. The van der Waals surface area contributed by atoms with Crippen molar-refractivity contribution in [2.24, 2.45) is 0 Å². The molecular weight excluding hydrogens is 132 g/mol. The quantitative estimate of drug-likeness (QED) is 0.520. The van der Waals surface area contributed by atoms with E-state index in [1.54, 1.807) is 5.88 Å². The molecule has 0 spiro atoms. The molecule has 0 aromatic carbocycles. The predicted octanol–water partition coefficient (Wildman–Crippen LogP) is 3.52. The van der Waals surface area contributed by atoms with Crippen molar-refractivity contribution in [1.82, 2.24) is 0 Å². The van der Waals surface area contributed by atoms with Crippen molar-refractivity contribution in [1.29, 1.82) is 0 Å². The van der Waals surface area contributed by atoms with Gasteiger partial charge in [0.2, 0.25) is 0 Å². The van der Waals surface area contributed by atoms with Crippen LogP contribution in [0.3, 0.4) is 0 Å². The molecule has 0 amide bonds. The fraction of sp³-hybridized carbons (Fsp3) is 0.625. The lowest BCUT2D eigenvalue weighted by Gasteiger charge is -1.89. The minimum Gasteiger partial charge on any atom is -0.117 e. The van der Waals surface area contributed by atoms with Crippen molar-refractivity contribution in [2.45, 2.75) is 32.6 Å². The Labute approximate surface area is 62.9 Å². The Balaban J connectivity index is 2.82. The summed E-state index contributed by atoms with van der Waals surface area (Å²) >= 11 is 5.30. The number of rotatable bonds is 5. The largest absolute Gasteiger partial charge is 0.117 e. The molecule has 0 bridgehead atoms. The van der Waals surface area contributed by atoms with Gasteiger partial charge in [-0.3, -0.25) is 0 Å². The Morgan fingerprint density at radius 2 is 2.11 bits per heavy atom. The normalized spacial score (nSPS) is 10.9. The third kappa shape index (κ3) is 8.03. The molecule has 1 radical (unpaired) electrons. The second-order valence-corrected chi connectivity index (χ2v) is 2.30. The van der Waals surface area contributed by atoms with E-state index in [9.17, 15) is 0 Å². The second kappa shape index (κ2) is 8.03. The highest BCUT2D eigenvalue weighted by Gasteiger charge is 1.79. The minimum atomic E-state index is 1.16. The summed E-state index contributed by atoms with van der Waals surface area (Å²) in [6, 6.07) is 0. The lowest BCUT2D eigenvalue weighted by Crippen LogP contribution is -1.69. The van der Waals surface area contributed by atoms with Gasteiger partial charge in [-0.25, -0.2) is 0 Å². The van der Waals surface area contributed by atoms with Crippen molar-refractivity contribution in [2.75, 3.05) is 0 Å². The van der Waals surface area contributed by atoms with Gasteiger partial charge >= 0.3 is 0 Å². The third-order valence-electron chi connectivity index (χ3n) is 1.18. The van der Waals surface area contributed by atoms with Crippen molar-refractivity contribution >= 4 is 11.6 Å². The van der Waals surface area contributed by atoms with Crippen LogP contribution in [-0.4, -0.2) is 0 Å². The lowest BCUT2D eigenvalue weighted by atomic mass is 10.2. The Morgan fingerprint density at radius 1 is 1.33 bits per heavy atom. The van der Waals surface area contributed by atoms with Crippen molar-refractivity contribution in [3.63, 3.8) is 0 Å². The van der Waals surface area contributed by atoms with Crippen LogP contribution in [0.2, 0.25) is 0 Å². The first-order valence-corrected chi connectivity index (χ1v) is 3.94. The van der Waals surface area contributed by atoms with Crippen LogP contribution in [0.5, 0.6) is 0 Å². The minimum absolute atomic E-state index is 1.16. The summed E-state index contributed by atoms with van der Waals surface area (Å²) in [6.07, 6.45) is 9.06. The van der Waals surface area contributed by atoms with Crippen molar-refractivity contribution < 1.29 is 0 Å². The zero-order valence-electron chi connectivity index (χ0n) is 5.94. The van der Waals surface area contributed by atoms with Gasteiger partial charge in [0.25, 0.3) is 0 Å². The zero-order valence-corrected chi connectivity index (χ0v) is 6.69. The molecule has 0 unspecified atom stereocenters. The SMILES string of the molecule is CCCCC/C=C/[CH]Cl. The van der Waals surface area contributed by atoms with E-state index in [0.29, 0.717) is 0 Å². The molecule has 1 heteroatoms.